The standard InChI is InChI=1S/C16H23N3O2/c1-12(20)19-9-7-13(8-10-19)16(21)17-14-5-4-6-15(11-14)18(2)3/h4-6,11,13H,7-10H2,1-3H3,(H,17,21). The third-order valence-corrected chi connectivity index (χ3v) is 3.94. The molecule has 1 aliphatic heterocycles. The summed E-state index contributed by atoms with van der Waals surface area (Å²) >= 11 is 0. The maximum absolute atomic E-state index is 12.3. The Labute approximate surface area is 125 Å². The van der Waals surface area contributed by atoms with Crippen LogP contribution in [0.25, 0.3) is 0 Å². The van der Waals surface area contributed by atoms with E-state index in [-0.39, 0.29) is 17.7 Å². The van der Waals surface area contributed by atoms with E-state index in [0.29, 0.717) is 13.1 Å². The number of carbonyl (C=O) groups excluding carboxylic acids is 2. The number of hydrogen-bond donors (Lipinski definition) is 1. The number of piperidine rings is 1. The molecule has 0 unspecified atom stereocenters. The number of benzene rings is 1. The van der Waals surface area contributed by atoms with Crippen LogP contribution in [0.3, 0.4) is 0 Å². The first-order valence-electron chi connectivity index (χ1n) is 7.31. The van der Waals surface area contributed by atoms with Gasteiger partial charge in [-0.3, -0.25) is 9.59 Å². The summed E-state index contributed by atoms with van der Waals surface area (Å²) < 4.78 is 0. The first-order valence-corrected chi connectivity index (χ1v) is 7.31. The van der Waals surface area contributed by atoms with Crippen molar-refractivity contribution in [3.63, 3.8) is 0 Å². The van der Waals surface area contributed by atoms with Crippen LogP contribution in [-0.2, 0) is 9.59 Å². The first kappa shape index (κ1) is 15.4. The summed E-state index contributed by atoms with van der Waals surface area (Å²) in [6, 6.07) is 7.79. The fraction of sp³-hybridized carbons (Fsp3) is 0.500. The molecule has 114 valence electrons. The van der Waals surface area contributed by atoms with Gasteiger partial charge in [-0.25, -0.2) is 0 Å². The minimum Gasteiger partial charge on any atom is -0.378 e. The fourth-order valence-electron chi connectivity index (χ4n) is 2.56. The molecule has 1 heterocycles. The number of amides is 2. The van der Waals surface area contributed by atoms with Crippen LogP contribution in [0.4, 0.5) is 11.4 Å². The summed E-state index contributed by atoms with van der Waals surface area (Å²) in [5, 5.41) is 2.98. The number of hydrogen-bond acceptors (Lipinski definition) is 3. The lowest BCUT2D eigenvalue weighted by Crippen LogP contribution is -2.40. The molecule has 5 heteroatoms. The van der Waals surface area contributed by atoms with E-state index in [4.69, 9.17) is 0 Å². The smallest absolute Gasteiger partial charge is 0.227 e. The van der Waals surface area contributed by atoms with E-state index in [0.717, 1.165) is 24.2 Å². The van der Waals surface area contributed by atoms with Crippen molar-refractivity contribution in [2.45, 2.75) is 19.8 Å². The molecule has 1 aliphatic rings. The first-order chi connectivity index (χ1) is 9.97. The molecule has 0 saturated carbocycles. The molecule has 1 fully saturated rings. The van der Waals surface area contributed by atoms with Crippen molar-refractivity contribution in [2.24, 2.45) is 5.92 Å². The highest BCUT2D eigenvalue weighted by molar-refractivity contribution is 5.93. The molecule has 2 rings (SSSR count). The van der Waals surface area contributed by atoms with Gasteiger partial charge in [0.2, 0.25) is 11.8 Å². The number of carbonyl (C=O) groups is 2. The Hall–Kier alpha value is -2.04. The minimum atomic E-state index is -0.0105. The normalized spacial score (nSPS) is 15.7. The maximum Gasteiger partial charge on any atom is 0.227 e. The van der Waals surface area contributed by atoms with Crippen molar-refractivity contribution in [1.29, 1.82) is 0 Å². The SMILES string of the molecule is CC(=O)N1CCC(C(=O)Nc2cccc(N(C)C)c2)CC1. The number of anilines is 2. The van der Waals surface area contributed by atoms with Crippen molar-refractivity contribution in [3.05, 3.63) is 24.3 Å². The van der Waals surface area contributed by atoms with Crippen LogP contribution < -0.4 is 10.2 Å². The van der Waals surface area contributed by atoms with Crippen molar-refractivity contribution < 1.29 is 9.59 Å². The molecule has 1 aromatic rings. The van der Waals surface area contributed by atoms with Crippen LogP contribution in [0.1, 0.15) is 19.8 Å². The molecule has 0 bridgehead atoms. The third kappa shape index (κ3) is 3.97. The zero-order valence-corrected chi connectivity index (χ0v) is 12.9. The van der Waals surface area contributed by atoms with E-state index in [1.807, 2.05) is 43.3 Å². The Morgan fingerprint density at radius 3 is 2.48 bits per heavy atom. The zero-order valence-electron chi connectivity index (χ0n) is 12.9. The molecule has 5 nitrogen and oxygen atoms in total. The molecule has 0 radical (unpaired) electrons. The van der Waals surface area contributed by atoms with Gasteiger partial charge in [-0.2, -0.15) is 0 Å². The van der Waals surface area contributed by atoms with Gasteiger partial charge >= 0.3 is 0 Å². The molecular formula is C16H23N3O2. The molecule has 0 aliphatic carbocycles. The van der Waals surface area contributed by atoms with Crippen molar-refractivity contribution in [3.8, 4) is 0 Å². The topological polar surface area (TPSA) is 52.7 Å². The molecule has 0 aromatic heterocycles. The Bertz CT molecular complexity index is 520. The Kier molecular flexibility index (Phi) is 4.83. The molecule has 1 saturated heterocycles. The lowest BCUT2D eigenvalue weighted by Gasteiger charge is -2.30. The van der Waals surface area contributed by atoms with Gasteiger partial charge in [-0.15, -0.1) is 0 Å². The Morgan fingerprint density at radius 2 is 1.90 bits per heavy atom. The monoisotopic (exact) mass is 289 g/mol. The molecule has 0 spiro atoms. The highest BCUT2D eigenvalue weighted by Gasteiger charge is 2.25. The van der Waals surface area contributed by atoms with Crippen molar-refractivity contribution in [1.82, 2.24) is 4.90 Å². The number of nitrogens with one attached hydrogen (secondary N) is 1. The van der Waals surface area contributed by atoms with E-state index in [9.17, 15) is 9.59 Å². The van der Waals surface area contributed by atoms with E-state index in [1.54, 1.807) is 11.8 Å². The van der Waals surface area contributed by atoms with Gasteiger partial charge in [0.1, 0.15) is 0 Å². The summed E-state index contributed by atoms with van der Waals surface area (Å²) in [7, 11) is 3.94. The molecular weight excluding hydrogens is 266 g/mol. The Morgan fingerprint density at radius 1 is 1.24 bits per heavy atom. The molecule has 0 atom stereocenters. The van der Waals surface area contributed by atoms with E-state index < -0.39 is 0 Å². The van der Waals surface area contributed by atoms with Crippen LogP contribution >= 0.6 is 0 Å². The van der Waals surface area contributed by atoms with E-state index in [2.05, 4.69) is 5.32 Å². The van der Waals surface area contributed by atoms with Crippen LogP contribution in [0.2, 0.25) is 0 Å². The van der Waals surface area contributed by atoms with Gasteiger partial charge in [0, 0.05) is 51.4 Å². The van der Waals surface area contributed by atoms with Crippen molar-refractivity contribution >= 4 is 23.2 Å². The Balaban J connectivity index is 1.93. The highest BCUT2D eigenvalue weighted by atomic mass is 16.2. The largest absolute Gasteiger partial charge is 0.378 e. The van der Waals surface area contributed by atoms with Crippen LogP contribution in [0, 0.1) is 5.92 Å². The second-order valence-electron chi connectivity index (χ2n) is 5.71. The highest BCUT2D eigenvalue weighted by Crippen LogP contribution is 2.21. The summed E-state index contributed by atoms with van der Waals surface area (Å²) in [5.41, 5.74) is 1.87. The predicted molar refractivity (Wildman–Crippen MR) is 84.4 cm³/mol. The van der Waals surface area contributed by atoms with Gasteiger partial charge < -0.3 is 15.1 Å². The van der Waals surface area contributed by atoms with Crippen LogP contribution in [0.5, 0.6) is 0 Å². The lowest BCUT2D eigenvalue weighted by atomic mass is 9.96. The van der Waals surface area contributed by atoms with E-state index in [1.165, 1.54) is 0 Å². The maximum atomic E-state index is 12.3. The minimum absolute atomic E-state index is 0.0105. The van der Waals surface area contributed by atoms with Crippen molar-refractivity contribution in [2.75, 3.05) is 37.4 Å². The average molecular weight is 289 g/mol. The van der Waals surface area contributed by atoms with Crippen LogP contribution in [0.15, 0.2) is 24.3 Å². The third-order valence-electron chi connectivity index (χ3n) is 3.94. The fourth-order valence-corrected chi connectivity index (χ4v) is 2.56. The second-order valence-corrected chi connectivity index (χ2v) is 5.71. The molecule has 1 N–H and O–H groups in total. The van der Waals surface area contributed by atoms with Gasteiger partial charge in [-0.05, 0) is 31.0 Å². The summed E-state index contributed by atoms with van der Waals surface area (Å²) in [5.74, 6) is 0.130. The van der Waals surface area contributed by atoms with E-state index >= 15 is 0 Å². The molecule has 21 heavy (non-hydrogen) atoms. The van der Waals surface area contributed by atoms with Gasteiger partial charge in [-0.1, -0.05) is 6.07 Å². The lowest BCUT2D eigenvalue weighted by molar-refractivity contribution is -0.132. The molecule has 1 aromatic carbocycles. The number of likely N-dealkylation sites (tertiary alicyclic amines) is 1. The van der Waals surface area contributed by atoms with Gasteiger partial charge in [0.15, 0.2) is 0 Å². The quantitative estimate of drug-likeness (QED) is 0.925. The summed E-state index contributed by atoms with van der Waals surface area (Å²) in [6.07, 6.45) is 1.47. The summed E-state index contributed by atoms with van der Waals surface area (Å²) in [6.45, 7) is 2.92. The second kappa shape index (κ2) is 6.61. The van der Waals surface area contributed by atoms with Gasteiger partial charge in [0.25, 0.3) is 0 Å². The zero-order chi connectivity index (χ0) is 15.4. The summed E-state index contributed by atoms with van der Waals surface area (Å²) in [4.78, 5) is 27.4. The predicted octanol–water partition coefficient (Wildman–Crippen LogP) is 1.95. The van der Waals surface area contributed by atoms with Gasteiger partial charge in [0.05, 0.1) is 0 Å². The van der Waals surface area contributed by atoms with Crippen LogP contribution in [-0.4, -0.2) is 43.9 Å². The number of rotatable bonds is 3. The number of nitrogens with zero attached hydrogens (tertiary/aromatic N) is 2. The molecule has 2 amide bonds. The average Bonchev–Trinajstić information content (AvgIpc) is 2.47.